The van der Waals surface area contributed by atoms with Crippen molar-refractivity contribution in [1.29, 1.82) is 0 Å². The largest absolute Gasteiger partial charge is 0.479 e. The van der Waals surface area contributed by atoms with Gasteiger partial charge in [0, 0.05) is 17.4 Å². The van der Waals surface area contributed by atoms with Gasteiger partial charge in [-0.05, 0) is 47.7 Å². The Labute approximate surface area is 204 Å². The summed E-state index contributed by atoms with van der Waals surface area (Å²) < 4.78 is 5.93. The van der Waals surface area contributed by atoms with Crippen molar-refractivity contribution in [3.8, 4) is 17.0 Å². The van der Waals surface area contributed by atoms with Gasteiger partial charge in [0.25, 0.3) is 5.91 Å². The van der Waals surface area contributed by atoms with E-state index in [1.54, 1.807) is 11.3 Å². The first-order chi connectivity index (χ1) is 16.5. The molecule has 3 aromatic carbocycles. The number of carbonyl (C=O) groups excluding carboxylic acids is 1. The second kappa shape index (κ2) is 9.43. The fourth-order valence-corrected chi connectivity index (χ4v) is 5.05. The van der Waals surface area contributed by atoms with Crippen LogP contribution in [0, 0.1) is 0 Å². The van der Waals surface area contributed by atoms with Crippen LogP contribution in [0.1, 0.15) is 48.4 Å². The predicted octanol–water partition coefficient (Wildman–Crippen LogP) is 6.84. The number of thiazole rings is 1. The zero-order valence-corrected chi connectivity index (χ0v) is 20.5. The van der Waals surface area contributed by atoms with Gasteiger partial charge < -0.3 is 9.64 Å². The molecule has 1 aliphatic heterocycles. The molecule has 1 unspecified atom stereocenters. The average Bonchev–Trinajstić information content (AvgIpc) is 3.31. The fraction of sp³-hybridized carbons (Fsp3) is 0.241. The highest BCUT2D eigenvalue weighted by Crippen LogP contribution is 2.38. The van der Waals surface area contributed by atoms with E-state index in [0.29, 0.717) is 12.5 Å². The molecule has 34 heavy (non-hydrogen) atoms. The molecule has 2 heterocycles. The number of anilines is 1. The summed E-state index contributed by atoms with van der Waals surface area (Å²) >= 11 is 1.66. The first-order valence-corrected chi connectivity index (χ1v) is 12.6. The summed E-state index contributed by atoms with van der Waals surface area (Å²) in [7, 11) is 0. The van der Waals surface area contributed by atoms with Gasteiger partial charge in [-0.2, -0.15) is 0 Å². The van der Waals surface area contributed by atoms with Gasteiger partial charge in [-0.1, -0.05) is 68.4 Å². The molecule has 1 aromatic heterocycles. The van der Waals surface area contributed by atoms with Gasteiger partial charge in [-0.3, -0.25) is 4.79 Å². The molecule has 0 N–H and O–H groups in total. The minimum Gasteiger partial charge on any atom is -0.479 e. The van der Waals surface area contributed by atoms with E-state index < -0.39 is 6.10 Å². The molecule has 0 saturated heterocycles. The van der Waals surface area contributed by atoms with Crippen molar-refractivity contribution >= 4 is 22.9 Å². The lowest BCUT2D eigenvalue weighted by molar-refractivity contribution is -0.125. The first-order valence-electron chi connectivity index (χ1n) is 11.7. The molecule has 1 aliphatic rings. The highest BCUT2D eigenvalue weighted by atomic mass is 32.1. The Bertz CT molecular complexity index is 1300. The first kappa shape index (κ1) is 22.4. The number of ether oxygens (including phenoxy) is 1. The van der Waals surface area contributed by atoms with Crippen LogP contribution in [-0.2, 0) is 17.8 Å². The molecule has 4 nitrogen and oxygen atoms in total. The van der Waals surface area contributed by atoms with Crippen molar-refractivity contribution < 1.29 is 9.53 Å². The molecule has 0 spiro atoms. The molecule has 4 aromatic rings. The lowest BCUT2D eigenvalue weighted by Gasteiger charge is -2.33. The highest BCUT2D eigenvalue weighted by molar-refractivity contribution is 7.10. The van der Waals surface area contributed by atoms with Gasteiger partial charge in [0.2, 0.25) is 0 Å². The Kier molecular flexibility index (Phi) is 6.20. The third-order valence-electron chi connectivity index (χ3n) is 6.20. The number of hydrogen-bond acceptors (Lipinski definition) is 4. The molecule has 172 valence electrons. The molecule has 0 radical (unpaired) electrons. The zero-order valence-electron chi connectivity index (χ0n) is 19.7. The topological polar surface area (TPSA) is 42.4 Å². The summed E-state index contributed by atoms with van der Waals surface area (Å²) in [4.78, 5) is 19.8. The van der Waals surface area contributed by atoms with Crippen LogP contribution in [0.5, 0.6) is 5.75 Å². The summed E-state index contributed by atoms with van der Waals surface area (Å²) in [6.07, 6.45) is 0.304. The predicted molar refractivity (Wildman–Crippen MR) is 139 cm³/mol. The van der Waals surface area contributed by atoms with Gasteiger partial charge in [-0.15, -0.1) is 11.3 Å². The van der Waals surface area contributed by atoms with Gasteiger partial charge in [0.05, 0.1) is 22.9 Å². The number of hydrogen-bond donors (Lipinski definition) is 0. The second-order valence-corrected chi connectivity index (χ2v) is 9.99. The van der Waals surface area contributed by atoms with E-state index in [9.17, 15) is 4.79 Å². The van der Waals surface area contributed by atoms with Crippen molar-refractivity contribution in [3.63, 3.8) is 0 Å². The van der Waals surface area contributed by atoms with Crippen molar-refractivity contribution in [2.75, 3.05) is 4.90 Å². The fourth-order valence-electron chi connectivity index (χ4n) is 4.22. The molecule has 1 amide bonds. The van der Waals surface area contributed by atoms with Gasteiger partial charge >= 0.3 is 0 Å². The van der Waals surface area contributed by atoms with Crippen LogP contribution in [0.3, 0.4) is 0 Å². The average molecular weight is 469 g/mol. The van der Waals surface area contributed by atoms with E-state index in [1.165, 1.54) is 11.1 Å². The number of fused-ring (bicyclic) bond motifs is 1. The highest BCUT2D eigenvalue weighted by Gasteiger charge is 2.32. The number of nitrogens with zero attached hydrogens (tertiary/aromatic N) is 2. The molecule has 5 heteroatoms. The minimum absolute atomic E-state index is 0.0272. The maximum absolute atomic E-state index is 13.1. The van der Waals surface area contributed by atoms with Gasteiger partial charge in [-0.25, -0.2) is 4.98 Å². The van der Waals surface area contributed by atoms with E-state index >= 15 is 0 Å². The van der Waals surface area contributed by atoms with Crippen LogP contribution < -0.4 is 9.64 Å². The Hall–Kier alpha value is -3.44. The van der Waals surface area contributed by atoms with Gasteiger partial charge in [0.15, 0.2) is 6.10 Å². The third-order valence-corrected chi connectivity index (χ3v) is 7.05. The number of aromatic nitrogens is 1. The van der Waals surface area contributed by atoms with Crippen LogP contribution in [0.25, 0.3) is 11.3 Å². The monoisotopic (exact) mass is 468 g/mol. The maximum atomic E-state index is 13.1. The van der Waals surface area contributed by atoms with E-state index in [2.05, 4.69) is 67.8 Å². The molecule has 0 bridgehead atoms. The Balaban J connectivity index is 1.43. The normalized spacial score (nSPS) is 15.4. The van der Waals surface area contributed by atoms with Crippen LogP contribution in [0.2, 0.25) is 0 Å². The number of amides is 1. The molecule has 5 rings (SSSR count). The number of rotatable bonds is 6. The van der Waals surface area contributed by atoms with Crippen molar-refractivity contribution in [2.45, 2.75) is 45.8 Å². The van der Waals surface area contributed by atoms with Gasteiger partial charge in [0.1, 0.15) is 5.75 Å². The van der Waals surface area contributed by atoms with E-state index in [4.69, 9.17) is 9.72 Å². The molecule has 0 fully saturated rings. The smallest absolute Gasteiger partial charge is 0.268 e. The Morgan fingerprint density at radius 2 is 1.76 bits per heavy atom. The van der Waals surface area contributed by atoms with Crippen LogP contribution in [0.15, 0.2) is 78.2 Å². The number of carbonyl (C=O) groups is 1. The van der Waals surface area contributed by atoms with E-state index in [-0.39, 0.29) is 5.91 Å². The van der Waals surface area contributed by atoms with Crippen LogP contribution in [-0.4, -0.2) is 17.0 Å². The Morgan fingerprint density at radius 1 is 1.00 bits per heavy atom. The zero-order chi connectivity index (χ0) is 23.7. The van der Waals surface area contributed by atoms with Crippen molar-refractivity contribution in [1.82, 2.24) is 4.98 Å². The number of benzene rings is 3. The lowest BCUT2D eigenvalue weighted by atomic mass is 10.0. The van der Waals surface area contributed by atoms with Crippen LogP contribution >= 0.6 is 11.3 Å². The maximum Gasteiger partial charge on any atom is 0.268 e. The minimum atomic E-state index is -0.509. The molecular formula is C29H28N2O2S. The molecule has 1 atom stereocenters. The lowest BCUT2D eigenvalue weighted by Crippen LogP contribution is -2.44. The third kappa shape index (κ3) is 4.62. The van der Waals surface area contributed by atoms with E-state index in [1.807, 2.05) is 36.1 Å². The summed E-state index contributed by atoms with van der Waals surface area (Å²) in [5.74, 6) is 1.18. The second-order valence-electron chi connectivity index (χ2n) is 9.05. The van der Waals surface area contributed by atoms with Crippen molar-refractivity contribution in [3.05, 3.63) is 99.9 Å². The summed E-state index contributed by atoms with van der Waals surface area (Å²) in [5.41, 5.74) is 6.35. The summed E-state index contributed by atoms with van der Waals surface area (Å²) in [6, 6.07) is 24.9. The molecular weight excluding hydrogens is 440 g/mol. The Morgan fingerprint density at radius 3 is 2.50 bits per heavy atom. The molecule has 0 aliphatic carbocycles. The summed E-state index contributed by atoms with van der Waals surface area (Å²) in [5, 5.41) is 3.16. The quantitative estimate of drug-likeness (QED) is 0.311. The van der Waals surface area contributed by atoms with E-state index in [0.717, 1.165) is 39.7 Å². The summed E-state index contributed by atoms with van der Waals surface area (Å²) in [6.45, 7) is 6.69. The SMILES string of the molecule is CC1Oc2ccc(-c3csc(Cc4ccccc4)n3)cc2N(Cc2ccc(C(C)C)cc2)C1=O. The molecule has 0 saturated carbocycles. The van der Waals surface area contributed by atoms with Crippen LogP contribution in [0.4, 0.5) is 5.69 Å². The standard InChI is InChI=1S/C29H28N2O2S/c1-19(2)23-11-9-22(10-12-23)17-31-26-16-24(13-14-27(26)33-20(3)29(31)32)25-18-34-28(30-25)15-21-7-5-4-6-8-21/h4-14,16,18-20H,15,17H2,1-3H3. The van der Waals surface area contributed by atoms with Crippen molar-refractivity contribution in [2.24, 2.45) is 0 Å².